The summed E-state index contributed by atoms with van der Waals surface area (Å²) in [5.41, 5.74) is 1.88. The van der Waals surface area contributed by atoms with Crippen molar-refractivity contribution >= 4 is 23.2 Å². The van der Waals surface area contributed by atoms with Crippen LogP contribution in [0.2, 0.25) is 5.02 Å². The van der Waals surface area contributed by atoms with E-state index in [0.717, 1.165) is 23.4 Å². The topological polar surface area (TPSA) is 42.7 Å². The quantitative estimate of drug-likeness (QED) is 0.813. The van der Waals surface area contributed by atoms with Crippen LogP contribution < -0.4 is 4.90 Å². The average molecular weight is 332 g/mol. The smallest absolute Gasteiger partial charge is 0.227 e. The minimum atomic E-state index is -0.126. The van der Waals surface area contributed by atoms with Gasteiger partial charge in [0.05, 0.1) is 18.1 Å². The molecule has 23 heavy (non-hydrogen) atoms. The van der Waals surface area contributed by atoms with Gasteiger partial charge >= 0.3 is 0 Å². The van der Waals surface area contributed by atoms with E-state index in [9.17, 15) is 4.79 Å². The number of hydrogen-bond donors (Lipinski definition) is 0. The summed E-state index contributed by atoms with van der Waals surface area (Å²) in [6.07, 6.45) is 2.96. The van der Waals surface area contributed by atoms with E-state index in [1.54, 1.807) is 6.26 Å². The summed E-state index contributed by atoms with van der Waals surface area (Å²) in [5.74, 6) is 1.08. The summed E-state index contributed by atoms with van der Waals surface area (Å²) in [6.45, 7) is 2.57. The zero-order valence-corrected chi connectivity index (χ0v) is 13.6. The fourth-order valence-corrected chi connectivity index (χ4v) is 4.00. The molecule has 1 aromatic heterocycles. The molecular formula is C18H18ClNO3. The van der Waals surface area contributed by atoms with E-state index in [2.05, 4.69) is 0 Å². The molecule has 1 aromatic carbocycles. The molecule has 1 fully saturated rings. The minimum absolute atomic E-state index is 0.0419. The maximum Gasteiger partial charge on any atom is 0.227 e. The summed E-state index contributed by atoms with van der Waals surface area (Å²) in [5, 5.41) is 0.665. The van der Waals surface area contributed by atoms with E-state index < -0.39 is 0 Å². The number of carbonyl (C=O) groups is 1. The summed E-state index contributed by atoms with van der Waals surface area (Å²) in [6, 6.07) is 9.35. The highest BCUT2D eigenvalue weighted by Gasteiger charge is 2.48. The van der Waals surface area contributed by atoms with Crippen molar-refractivity contribution in [2.24, 2.45) is 5.92 Å². The van der Waals surface area contributed by atoms with Gasteiger partial charge in [-0.05, 0) is 36.8 Å². The molecule has 0 N–H and O–H groups in total. The van der Waals surface area contributed by atoms with Gasteiger partial charge in [0.2, 0.25) is 5.91 Å². The van der Waals surface area contributed by atoms with Gasteiger partial charge in [-0.25, -0.2) is 0 Å². The predicted molar refractivity (Wildman–Crippen MR) is 87.5 cm³/mol. The first-order chi connectivity index (χ1) is 11.2. The number of fused-ring (bicyclic) bond motifs is 3. The average Bonchev–Trinajstić information content (AvgIpc) is 3.24. The number of nitrogens with zero attached hydrogens (tertiary/aromatic N) is 1. The second-order valence-corrected chi connectivity index (χ2v) is 6.46. The SMILES string of the molecule is CCC(=O)N1c2ccc(Cl)cc2C2OCCC2C1c1ccco1. The number of carbonyl (C=O) groups excluding carboxylic acids is 1. The number of halogens is 1. The lowest BCUT2D eigenvalue weighted by atomic mass is 9.81. The van der Waals surface area contributed by atoms with Crippen molar-refractivity contribution in [2.75, 3.05) is 11.5 Å². The Balaban J connectivity index is 1.91. The van der Waals surface area contributed by atoms with Crippen LogP contribution in [0, 0.1) is 5.92 Å². The van der Waals surface area contributed by atoms with Gasteiger partial charge in [0.1, 0.15) is 11.8 Å². The predicted octanol–water partition coefficient (Wildman–Crippen LogP) is 4.51. The first-order valence-corrected chi connectivity index (χ1v) is 8.35. The van der Waals surface area contributed by atoms with Gasteiger partial charge in [-0.1, -0.05) is 18.5 Å². The highest BCUT2D eigenvalue weighted by Crippen LogP contribution is 2.53. The number of furan rings is 1. The summed E-state index contributed by atoms with van der Waals surface area (Å²) < 4.78 is 11.7. The zero-order chi connectivity index (χ0) is 16.0. The molecule has 120 valence electrons. The normalized spacial score (nSPS) is 26.0. The molecule has 1 amide bonds. The van der Waals surface area contributed by atoms with E-state index in [-0.39, 0.29) is 24.0 Å². The Hall–Kier alpha value is -1.78. The first-order valence-electron chi connectivity index (χ1n) is 7.97. The number of anilines is 1. The second-order valence-electron chi connectivity index (χ2n) is 6.02. The second kappa shape index (κ2) is 5.69. The minimum Gasteiger partial charge on any atom is -0.467 e. The number of amides is 1. The number of ether oxygens (including phenoxy) is 1. The molecular weight excluding hydrogens is 314 g/mol. The third-order valence-electron chi connectivity index (χ3n) is 4.78. The highest BCUT2D eigenvalue weighted by atomic mass is 35.5. The fraction of sp³-hybridized carbons (Fsp3) is 0.389. The van der Waals surface area contributed by atoms with Crippen LogP contribution in [0.25, 0.3) is 0 Å². The highest BCUT2D eigenvalue weighted by molar-refractivity contribution is 6.30. The van der Waals surface area contributed by atoms with E-state index in [0.29, 0.717) is 18.1 Å². The van der Waals surface area contributed by atoms with Crippen LogP contribution in [0.1, 0.15) is 43.2 Å². The maximum atomic E-state index is 12.7. The van der Waals surface area contributed by atoms with Gasteiger partial charge in [-0.2, -0.15) is 0 Å². The molecule has 0 aliphatic carbocycles. The first kappa shape index (κ1) is 14.8. The Morgan fingerprint density at radius 3 is 3.00 bits per heavy atom. The largest absolute Gasteiger partial charge is 0.467 e. The molecule has 2 aliphatic heterocycles. The van der Waals surface area contributed by atoms with Crippen LogP contribution in [-0.2, 0) is 9.53 Å². The molecule has 5 heteroatoms. The number of benzene rings is 1. The Kier molecular flexibility index (Phi) is 3.66. The van der Waals surface area contributed by atoms with Gasteiger partial charge < -0.3 is 14.1 Å². The van der Waals surface area contributed by atoms with Crippen molar-refractivity contribution in [2.45, 2.75) is 31.9 Å². The Labute approximate surface area is 140 Å². The Morgan fingerprint density at radius 1 is 1.39 bits per heavy atom. The monoisotopic (exact) mass is 331 g/mol. The molecule has 4 rings (SSSR count). The molecule has 4 nitrogen and oxygen atoms in total. The van der Waals surface area contributed by atoms with Crippen molar-refractivity contribution in [3.8, 4) is 0 Å². The van der Waals surface area contributed by atoms with Crippen LogP contribution in [0.4, 0.5) is 5.69 Å². The third kappa shape index (κ3) is 2.28. The number of rotatable bonds is 2. The third-order valence-corrected chi connectivity index (χ3v) is 5.02. The van der Waals surface area contributed by atoms with Gasteiger partial charge in [-0.3, -0.25) is 4.79 Å². The van der Waals surface area contributed by atoms with Gasteiger partial charge in [0.15, 0.2) is 0 Å². The summed E-state index contributed by atoms with van der Waals surface area (Å²) >= 11 is 6.19. The number of hydrogen-bond acceptors (Lipinski definition) is 3. The standard InChI is InChI=1S/C18H18ClNO3/c1-2-16(21)20-14-6-5-11(19)10-13(14)18-12(7-9-23-18)17(20)15-4-3-8-22-15/h3-6,8,10,12,17-18H,2,7,9H2,1H3. The summed E-state index contributed by atoms with van der Waals surface area (Å²) in [4.78, 5) is 14.6. The molecule has 2 aromatic rings. The lowest BCUT2D eigenvalue weighted by Gasteiger charge is -2.42. The van der Waals surface area contributed by atoms with Gasteiger partial charge in [0.25, 0.3) is 0 Å². The van der Waals surface area contributed by atoms with Crippen LogP contribution >= 0.6 is 11.6 Å². The lowest BCUT2D eigenvalue weighted by Crippen LogP contribution is -2.43. The molecule has 3 atom stereocenters. The molecule has 0 bridgehead atoms. The molecule has 0 radical (unpaired) electrons. The van der Waals surface area contributed by atoms with E-state index >= 15 is 0 Å². The fourth-order valence-electron chi connectivity index (χ4n) is 3.82. The van der Waals surface area contributed by atoms with Crippen molar-refractivity contribution < 1.29 is 13.9 Å². The van der Waals surface area contributed by atoms with E-state index in [1.807, 2.05) is 42.2 Å². The maximum absolute atomic E-state index is 12.7. The van der Waals surface area contributed by atoms with Gasteiger partial charge in [-0.15, -0.1) is 0 Å². The molecule has 2 aliphatic rings. The van der Waals surface area contributed by atoms with Crippen molar-refractivity contribution in [1.82, 2.24) is 0 Å². The van der Waals surface area contributed by atoms with Crippen LogP contribution in [0.3, 0.4) is 0 Å². The van der Waals surface area contributed by atoms with Crippen molar-refractivity contribution in [3.05, 3.63) is 52.9 Å². The van der Waals surface area contributed by atoms with Gasteiger partial charge in [0, 0.05) is 29.5 Å². The zero-order valence-electron chi connectivity index (χ0n) is 12.9. The van der Waals surface area contributed by atoms with E-state index in [4.69, 9.17) is 20.8 Å². The Morgan fingerprint density at radius 2 is 2.26 bits per heavy atom. The molecule has 3 unspecified atom stereocenters. The molecule has 0 saturated carbocycles. The lowest BCUT2D eigenvalue weighted by molar-refractivity contribution is -0.119. The van der Waals surface area contributed by atoms with Crippen molar-refractivity contribution in [3.63, 3.8) is 0 Å². The Bertz CT molecular complexity index is 728. The molecule has 3 heterocycles. The van der Waals surface area contributed by atoms with Crippen LogP contribution in [0.5, 0.6) is 0 Å². The molecule has 1 saturated heterocycles. The summed E-state index contributed by atoms with van der Waals surface area (Å²) in [7, 11) is 0. The van der Waals surface area contributed by atoms with Crippen LogP contribution in [-0.4, -0.2) is 12.5 Å². The van der Waals surface area contributed by atoms with Crippen LogP contribution in [0.15, 0.2) is 41.0 Å². The molecule has 0 spiro atoms. The van der Waals surface area contributed by atoms with E-state index in [1.165, 1.54) is 0 Å². The van der Waals surface area contributed by atoms with Crippen molar-refractivity contribution in [1.29, 1.82) is 0 Å².